The summed E-state index contributed by atoms with van der Waals surface area (Å²) in [6.45, 7) is 11.2. The fourth-order valence-corrected chi connectivity index (χ4v) is 3.98. The molecule has 1 saturated heterocycles. The molecule has 0 aliphatic carbocycles. The summed E-state index contributed by atoms with van der Waals surface area (Å²) in [4.78, 5) is 51.6. The van der Waals surface area contributed by atoms with E-state index in [9.17, 15) is 19.2 Å². The van der Waals surface area contributed by atoms with E-state index < -0.39 is 28.6 Å². The number of likely N-dealkylation sites (tertiary alicyclic amines) is 1. The Morgan fingerprint density at radius 1 is 0.778 bits per heavy atom. The third kappa shape index (κ3) is 11.6. The lowest BCUT2D eigenvalue weighted by Crippen LogP contribution is -2.53. The van der Waals surface area contributed by atoms with Crippen molar-refractivity contribution in [1.82, 2.24) is 4.90 Å². The third-order valence-electron chi connectivity index (χ3n) is 6.00. The van der Waals surface area contributed by atoms with Gasteiger partial charge in [-0.2, -0.15) is 0 Å². The molecule has 0 radical (unpaired) electrons. The first-order valence-electron chi connectivity index (χ1n) is 13.2. The van der Waals surface area contributed by atoms with Gasteiger partial charge in [-0.15, -0.1) is 0 Å². The molecule has 8 heteroatoms. The number of amides is 1. The molecule has 0 bridgehead atoms. The highest BCUT2D eigenvalue weighted by atomic mass is 16.6. The monoisotopic (exact) mass is 509 g/mol. The van der Waals surface area contributed by atoms with E-state index in [2.05, 4.69) is 4.74 Å². The molecule has 36 heavy (non-hydrogen) atoms. The number of rotatable bonds is 12. The third-order valence-corrected chi connectivity index (χ3v) is 6.00. The Morgan fingerprint density at radius 2 is 1.25 bits per heavy atom. The zero-order chi connectivity index (χ0) is 27.4. The van der Waals surface area contributed by atoms with Gasteiger partial charge in [-0.25, -0.2) is 0 Å². The van der Waals surface area contributed by atoms with E-state index in [1.807, 2.05) is 6.08 Å². The van der Waals surface area contributed by atoms with Crippen molar-refractivity contribution >= 4 is 23.8 Å². The lowest BCUT2D eigenvalue weighted by atomic mass is 9.78. The van der Waals surface area contributed by atoms with Crippen molar-refractivity contribution in [2.75, 3.05) is 20.2 Å². The van der Waals surface area contributed by atoms with Gasteiger partial charge in [0, 0.05) is 19.5 Å². The summed E-state index contributed by atoms with van der Waals surface area (Å²) in [5, 5.41) is 0. The molecular weight excluding hydrogens is 462 g/mol. The van der Waals surface area contributed by atoms with Gasteiger partial charge in [0.25, 0.3) is 0 Å². The molecule has 0 N–H and O–H groups in total. The molecule has 206 valence electrons. The van der Waals surface area contributed by atoms with Crippen LogP contribution in [0.1, 0.15) is 106 Å². The van der Waals surface area contributed by atoms with Crippen LogP contribution < -0.4 is 0 Å². The first-order valence-corrected chi connectivity index (χ1v) is 13.2. The molecule has 0 unspecified atom stereocenters. The van der Waals surface area contributed by atoms with Crippen LogP contribution in [0.15, 0.2) is 12.2 Å². The molecule has 1 heterocycles. The molecule has 0 aromatic carbocycles. The summed E-state index contributed by atoms with van der Waals surface area (Å²) in [5.41, 5.74) is -2.87. The summed E-state index contributed by atoms with van der Waals surface area (Å²) >= 11 is 0. The van der Waals surface area contributed by atoms with Crippen molar-refractivity contribution in [2.24, 2.45) is 5.41 Å². The molecule has 1 aliphatic heterocycles. The van der Waals surface area contributed by atoms with Crippen LogP contribution in [0.2, 0.25) is 0 Å². The average molecular weight is 510 g/mol. The first kappa shape index (κ1) is 31.6. The normalized spacial score (nSPS) is 16.0. The second kappa shape index (κ2) is 14.4. The topological polar surface area (TPSA) is 99.2 Å². The van der Waals surface area contributed by atoms with Crippen molar-refractivity contribution in [3.8, 4) is 0 Å². The largest absolute Gasteiger partial charge is 0.469 e. The van der Waals surface area contributed by atoms with Gasteiger partial charge in [-0.05, 0) is 79.7 Å². The number of piperidine rings is 1. The zero-order valence-corrected chi connectivity index (χ0v) is 23.4. The Bertz CT molecular complexity index is 736. The van der Waals surface area contributed by atoms with Crippen LogP contribution in [0, 0.1) is 5.41 Å². The fraction of sp³-hybridized carbons (Fsp3) is 0.786. The molecule has 0 atom stereocenters. The highest BCUT2D eigenvalue weighted by Gasteiger charge is 2.53. The van der Waals surface area contributed by atoms with Crippen LogP contribution >= 0.6 is 0 Å². The van der Waals surface area contributed by atoms with Crippen LogP contribution in [-0.4, -0.2) is 60.1 Å². The van der Waals surface area contributed by atoms with E-state index in [-0.39, 0.29) is 37.8 Å². The lowest BCUT2D eigenvalue weighted by molar-refractivity contribution is -0.189. The smallest absolute Gasteiger partial charge is 0.324 e. The van der Waals surface area contributed by atoms with Gasteiger partial charge in [0.05, 0.1) is 7.11 Å². The Balaban J connectivity index is 2.51. The van der Waals surface area contributed by atoms with Crippen LogP contribution in [0.5, 0.6) is 0 Å². The quantitative estimate of drug-likeness (QED) is 0.118. The first-order chi connectivity index (χ1) is 16.7. The van der Waals surface area contributed by atoms with Crippen molar-refractivity contribution < 1.29 is 33.4 Å². The van der Waals surface area contributed by atoms with Gasteiger partial charge in [0.1, 0.15) is 11.2 Å². The number of nitrogens with zero attached hydrogens (tertiary/aromatic N) is 1. The molecule has 0 aromatic rings. The second-order valence-corrected chi connectivity index (χ2v) is 11.5. The summed E-state index contributed by atoms with van der Waals surface area (Å²) in [7, 11) is 1.41. The molecule has 1 rings (SSSR count). The van der Waals surface area contributed by atoms with E-state index in [0.717, 1.165) is 44.9 Å². The van der Waals surface area contributed by atoms with Crippen LogP contribution in [-0.2, 0) is 33.4 Å². The van der Waals surface area contributed by atoms with Crippen molar-refractivity contribution in [3.05, 3.63) is 12.2 Å². The zero-order valence-electron chi connectivity index (χ0n) is 23.4. The predicted octanol–water partition coefficient (Wildman–Crippen LogP) is 5.13. The minimum absolute atomic E-state index is 0.111. The number of carbonyl (C=O) groups is 4. The number of methoxy groups -OCH3 is 1. The van der Waals surface area contributed by atoms with E-state index in [4.69, 9.17) is 9.47 Å². The van der Waals surface area contributed by atoms with Crippen molar-refractivity contribution in [3.63, 3.8) is 0 Å². The minimum Gasteiger partial charge on any atom is -0.469 e. The Labute approximate surface area is 217 Å². The number of esters is 3. The number of carbonyl (C=O) groups excluding carboxylic acids is 4. The van der Waals surface area contributed by atoms with Crippen molar-refractivity contribution in [2.45, 2.75) is 117 Å². The lowest BCUT2D eigenvalue weighted by Gasteiger charge is -2.40. The highest BCUT2D eigenvalue weighted by molar-refractivity contribution is 6.01. The van der Waals surface area contributed by atoms with Gasteiger partial charge in [-0.3, -0.25) is 19.2 Å². The van der Waals surface area contributed by atoms with Gasteiger partial charge < -0.3 is 19.1 Å². The Kier molecular flexibility index (Phi) is 12.6. The van der Waals surface area contributed by atoms with Gasteiger partial charge in [-0.1, -0.05) is 31.8 Å². The van der Waals surface area contributed by atoms with Crippen molar-refractivity contribution in [1.29, 1.82) is 0 Å². The van der Waals surface area contributed by atoms with E-state index in [1.54, 1.807) is 52.5 Å². The summed E-state index contributed by atoms with van der Waals surface area (Å²) in [6, 6.07) is 0. The molecule has 1 amide bonds. The maximum absolute atomic E-state index is 13.1. The van der Waals surface area contributed by atoms with Crippen LogP contribution in [0.3, 0.4) is 0 Å². The minimum atomic E-state index is -1.40. The highest BCUT2D eigenvalue weighted by Crippen LogP contribution is 2.37. The van der Waals surface area contributed by atoms with Gasteiger partial charge in [0.2, 0.25) is 5.91 Å². The molecule has 0 saturated carbocycles. The summed E-state index contributed by atoms with van der Waals surface area (Å²) in [6.07, 6.45) is 11.3. The van der Waals surface area contributed by atoms with Gasteiger partial charge >= 0.3 is 17.9 Å². The molecule has 1 aliphatic rings. The standard InChI is InChI=1S/C28H47NO7/c1-26(2,3)35-24(32)28(25(33)36-27(4,5)6)18-20-29(21-19-28)22(30)16-14-12-10-8-9-11-13-15-17-23(31)34-7/h14,16H,8-13,15,17-21H2,1-7H3. The van der Waals surface area contributed by atoms with Crippen LogP contribution in [0.25, 0.3) is 0 Å². The summed E-state index contributed by atoms with van der Waals surface area (Å²) in [5.74, 6) is -1.44. The average Bonchev–Trinajstić information content (AvgIpc) is 2.77. The molecule has 0 aromatic heterocycles. The Hall–Kier alpha value is -2.38. The number of hydrogen-bond donors (Lipinski definition) is 0. The summed E-state index contributed by atoms with van der Waals surface area (Å²) < 4.78 is 15.8. The Morgan fingerprint density at radius 3 is 1.72 bits per heavy atom. The molecular formula is C28H47NO7. The van der Waals surface area contributed by atoms with E-state index in [1.165, 1.54) is 7.11 Å². The van der Waals surface area contributed by atoms with E-state index >= 15 is 0 Å². The fourth-order valence-electron chi connectivity index (χ4n) is 3.98. The van der Waals surface area contributed by atoms with Gasteiger partial charge in [0.15, 0.2) is 5.41 Å². The number of hydrogen-bond acceptors (Lipinski definition) is 7. The molecule has 8 nitrogen and oxygen atoms in total. The number of allylic oxidation sites excluding steroid dienone is 1. The van der Waals surface area contributed by atoms with E-state index in [0.29, 0.717) is 6.42 Å². The number of ether oxygens (including phenoxy) is 3. The number of unbranched alkanes of at least 4 members (excludes halogenated alkanes) is 6. The SMILES string of the molecule is COC(=O)CCCCCCCCC=CC(=O)N1CCC(C(=O)OC(C)(C)C)(C(=O)OC(C)(C)C)CC1. The maximum atomic E-state index is 13.1. The molecule has 0 spiro atoms. The predicted molar refractivity (Wildman–Crippen MR) is 138 cm³/mol. The second-order valence-electron chi connectivity index (χ2n) is 11.5. The molecule has 1 fully saturated rings. The van der Waals surface area contributed by atoms with Crippen LogP contribution in [0.4, 0.5) is 0 Å². The maximum Gasteiger partial charge on any atom is 0.324 e.